The standard InChI is InChI=1S/C37H46O3/c1-5-6-7-8-28-9-12-30(13-10-28)33-18-20-36(34(24-33)25-40-37(39)26(2)3)32-16-14-31(15-17-32)35-19-11-29(21-22-38)23-27(35)4/h11,14-20,23-24,28,30,38H,2,5-10,12-13,21-22,25H2,1,3-4H3. The van der Waals surface area contributed by atoms with E-state index in [1.165, 1.54) is 73.6 Å². The summed E-state index contributed by atoms with van der Waals surface area (Å²) in [5.74, 6) is 1.11. The van der Waals surface area contributed by atoms with Crippen molar-refractivity contribution >= 4 is 5.97 Å². The number of hydrogen-bond acceptors (Lipinski definition) is 3. The van der Waals surface area contributed by atoms with E-state index < -0.39 is 0 Å². The molecule has 0 amide bonds. The number of esters is 1. The molecule has 3 nitrogen and oxygen atoms in total. The van der Waals surface area contributed by atoms with Crippen LogP contribution in [0.25, 0.3) is 22.3 Å². The fourth-order valence-electron chi connectivity index (χ4n) is 6.17. The van der Waals surface area contributed by atoms with Crippen molar-refractivity contribution in [3.05, 3.63) is 95.1 Å². The summed E-state index contributed by atoms with van der Waals surface area (Å²) in [5, 5.41) is 9.26. The van der Waals surface area contributed by atoms with Gasteiger partial charge in [0.25, 0.3) is 0 Å². The molecule has 3 aromatic carbocycles. The number of rotatable bonds is 12. The highest BCUT2D eigenvalue weighted by Crippen LogP contribution is 2.39. The Morgan fingerprint density at radius 2 is 1.60 bits per heavy atom. The van der Waals surface area contributed by atoms with Gasteiger partial charge in [0.2, 0.25) is 0 Å². The smallest absolute Gasteiger partial charge is 0.333 e. The lowest BCUT2D eigenvalue weighted by Crippen LogP contribution is -2.14. The molecule has 0 aliphatic heterocycles. The Labute approximate surface area is 241 Å². The van der Waals surface area contributed by atoms with Gasteiger partial charge in [-0.3, -0.25) is 0 Å². The van der Waals surface area contributed by atoms with Crippen LogP contribution in [0.15, 0.2) is 72.8 Å². The summed E-state index contributed by atoms with van der Waals surface area (Å²) in [6, 6.07) is 21.8. The molecule has 1 N–H and O–H groups in total. The van der Waals surface area contributed by atoms with Crippen molar-refractivity contribution in [3.8, 4) is 22.3 Å². The maximum atomic E-state index is 12.3. The second-order valence-electron chi connectivity index (χ2n) is 11.7. The van der Waals surface area contributed by atoms with Crippen LogP contribution >= 0.6 is 0 Å². The zero-order valence-corrected chi connectivity index (χ0v) is 24.7. The van der Waals surface area contributed by atoms with E-state index in [0.717, 1.165) is 28.2 Å². The van der Waals surface area contributed by atoms with E-state index in [-0.39, 0.29) is 19.2 Å². The fourth-order valence-corrected chi connectivity index (χ4v) is 6.17. The first-order valence-electron chi connectivity index (χ1n) is 15.2. The van der Waals surface area contributed by atoms with Gasteiger partial charge in [0.15, 0.2) is 0 Å². The number of aryl methyl sites for hydroxylation is 1. The molecule has 212 valence electrons. The molecule has 0 aromatic heterocycles. The first kappa shape index (κ1) is 29.8. The third kappa shape index (κ3) is 7.73. The Morgan fingerprint density at radius 3 is 2.23 bits per heavy atom. The van der Waals surface area contributed by atoms with Gasteiger partial charge in [-0.15, -0.1) is 0 Å². The summed E-state index contributed by atoms with van der Waals surface area (Å²) < 4.78 is 5.65. The lowest BCUT2D eigenvalue weighted by molar-refractivity contribution is -0.140. The first-order chi connectivity index (χ1) is 19.4. The minimum absolute atomic E-state index is 0.163. The van der Waals surface area contributed by atoms with E-state index in [1.807, 2.05) is 0 Å². The lowest BCUT2D eigenvalue weighted by atomic mass is 9.76. The van der Waals surface area contributed by atoms with Crippen LogP contribution < -0.4 is 0 Å². The molecular weight excluding hydrogens is 492 g/mol. The Balaban J connectivity index is 1.55. The van der Waals surface area contributed by atoms with E-state index in [0.29, 0.717) is 17.9 Å². The summed E-state index contributed by atoms with van der Waals surface area (Å²) in [6.45, 7) is 10.2. The van der Waals surface area contributed by atoms with Crippen molar-refractivity contribution in [1.29, 1.82) is 0 Å². The van der Waals surface area contributed by atoms with Crippen molar-refractivity contribution in [1.82, 2.24) is 0 Å². The van der Waals surface area contributed by atoms with Gasteiger partial charge in [0.05, 0.1) is 0 Å². The number of aliphatic hydroxyl groups excluding tert-OH is 1. The largest absolute Gasteiger partial charge is 0.457 e. The van der Waals surface area contributed by atoms with Gasteiger partial charge >= 0.3 is 5.97 Å². The maximum absolute atomic E-state index is 12.3. The Hall–Kier alpha value is -3.17. The Bertz CT molecular complexity index is 1280. The molecule has 1 fully saturated rings. The second-order valence-corrected chi connectivity index (χ2v) is 11.7. The van der Waals surface area contributed by atoms with Crippen molar-refractivity contribution in [3.63, 3.8) is 0 Å². The molecule has 1 saturated carbocycles. The Kier molecular flexibility index (Phi) is 10.8. The van der Waals surface area contributed by atoms with Crippen molar-refractivity contribution in [2.45, 2.75) is 91.1 Å². The van der Waals surface area contributed by atoms with Gasteiger partial charge in [0.1, 0.15) is 6.61 Å². The summed E-state index contributed by atoms with van der Waals surface area (Å²) >= 11 is 0. The molecule has 0 saturated heterocycles. The average Bonchev–Trinajstić information content (AvgIpc) is 2.97. The molecule has 4 rings (SSSR count). The van der Waals surface area contributed by atoms with Gasteiger partial charge in [-0.05, 0) is 102 Å². The van der Waals surface area contributed by atoms with Crippen molar-refractivity contribution in [2.24, 2.45) is 5.92 Å². The Morgan fingerprint density at radius 1 is 0.925 bits per heavy atom. The molecule has 0 atom stereocenters. The summed E-state index contributed by atoms with van der Waals surface area (Å²) in [7, 11) is 0. The van der Waals surface area contributed by atoms with Gasteiger partial charge in [-0.1, -0.05) is 99.8 Å². The number of carbonyl (C=O) groups excluding carboxylic acids is 1. The number of ether oxygens (including phenoxy) is 1. The highest BCUT2D eigenvalue weighted by molar-refractivity contribution is 5.87. The second kappa shape index (κ2) is 14.5. The minimum atomic E-state index is -0.348. The molecule has 0 unspecified atom stereocenters. The quantitative estimate of drug-likeness (QED) is 0.142. The average molecular weight is 539 g/mol. The van der Waals surface area contributed by atoms with E-state index in [2.05, 4.69) is 81.1 Å². The van der Waals surface area contributed by atoms with Crippen molar-refractivity contribution < 1.29 is 14.6 Å². The van der Waals surface area contributed by atoms with E-state index in [4.69, 9.17) is 4.74 Å². The number of aliphatic hydroxyl groups is 1. The van der Waals surface area contributed by atoms with Crippen LogP contribution in [0.2, 0.25) is 0 Å². The summed E-state index contributed by atoms with van der Waals surface area (Å²) in [6.07, 6.45) is 11.2. The van der Waals surface area contributed by atoms with Crippen LogP contribution in [0.1, 0.15) is 93.4 Å². The number of hydrogen-bond donors (Lipinski definition) is 1. The fraction of sp³-hybridized carbons (Fsp3) is 0.432. The third-order valence-corrected chi connectivity index (χ3v) is 8.57. The molecule has 0 radical (unpaired) electrons. The molecule has 0 heterocycles. The monoisotopic (exact) mass is 538 g/mol. The predicted molar refractivity (Wildman–Crippen MR) is 166 cm³/mol. The molecular formula is C37H46O3. The molecule has 3 heteroatoms. The van der Waals surface area contributed by atoms with E-state index >= 15 is 0 Å². The van der Waals surface area contributed by atoms with Crippen LogP contribution in [0.5, 0.6) is 0 Å². The molecule has 40 heavy (non-hydrogen) atoms. The normalized spacial score (nSPS) is 17.0. The molecule has 1 aliphatic rings. The van der Waals surface area contributed by atoms with E-state index in [9.17, 15) is 9.90 Å². The highest BCUT2D eigenvalue weighted by Gasteiger charge is 2.23. The molecule has 0 spiro atoms. The van der Waals surface area contributed by atoms with Crippen LogP contribution in [0.3, 0.4) is 0 Å². The zero-order chi connectivity index (χ0) is 28.5. The molecule has 3 aromatic rings. The highest BCUT2D eigenvalue weighted by atomic mass is 16.5. The molecule has 0 bridgehead atoms. The van der Waals surface area contributed by atoms with Crippen molar-refractivity contribution in [2.75, 3.05) is 6.61 Å². The topological polar surface area (TPSA) is 46.5 Å². The number of benzene rings is 3. The first-order valence-corrected chi connectivity index (χ1v) is 15.2. The summed E-state index contributed by atoms with van der Waals surface area (Å²) in [5.41, 5.74) is 9.78. The van der Waals surface area contributed by atoms with Crippen LogP contribution in [0.4, 0.5) is 0 Å². The molecule has 1 aliphatic carbocycles. The van der Waals surface area contributed by atoms with E-state index in [1.54, 1.807) is 6.92 Å². The van der Waals surface area contributed by atoms with Crippen LogP contribution in [0, 0.1) is 12.8 Å². The SMILES string of the molecule is C=C(C)C(=O)OCc1cc(C2CCC(CCCCC)CC2)ccc1-c1ccc(-c2ccc(CCO)cc2C)cc1. The van der Waals surface area contributed by atoms with Gasteiger partial charge < -0.3 is 9.84 Å². The van der Waals surface area contributed by atoms with Gasteiger partial charge in [-0.2, -0.15) is 0 Å². The third-order valence-electron chi connectivity index (χ3n) is 8.57. The van der Waals surface area contributed by atoms with Gasteiger partial charge in [-0.25, -0.2) is 4.79 Å². The summed E-state index contributed by atoms with van der Waals surface area (Å²) in [4.78, 5) is 12.3. The van der Waals surface area contributed by atoms with Gasteiger partial charge in [0, 0.05) is 12.2 Å². The minimum Gasteiger partial charge on any atom is -0.457 e. The number of carbonyl (C=O) groups is 1. The van der Waals surface area contributed by atoms with Crippen LogP contribution in [-0.2, 0) is 22.6 Å². The lowest BCUT2D eigenvalue weighted by Gasteiger charge is -2.29. The predicted octanol–water partition coefficient (Wildman–Crippen LogP) is 9.34. The maximum Gasteiger partial charge on any atom is 0.333 e. The number of unbranched alkanes of at least 4 members (excludes halogenated alkanes) is 2. The zero-order valence-electron chi connectivity index (χ0n) is 24.7. The van der Waals surface area contributed by atoms with Crippen LogP contribution in [-0.4, -0.2) is 17.7 Å².